The quantitative estimate of drug-likeness (QED) is 0.0909. The Labute approximate surface area is 227 Å². The molecule has 212 valence electrons. The first-order chi connectivity index (χ1) is 17.7. The molecule has 0 aliphatic rings. The molecule has 0 spiro atoms. The average Bonchev–Trinajstić information content (AvgIpc) is 3.38. The Morgan fingerprint density at radius 3 is 1.36 bits per heavy atom. The zero-order valence-corrected chi connectivity index (χ0v) is 25.4. The number of aromatic nitrogens is 2. The van der Waals surface area contributed by atoms with Gasteiger partial charge in [-0.2, -0.15) is 0 Å². The van der Waals surface area contributed by atoms with E-state index >= 15 is 0 Å². The summed E-state index contributed by atoms with van der Waals surface area (Å²) >= 11 is 0. The maximum absolute atomic E-state index is 3.63. The first kappa shape index (κ1) is 33.2. The smallest absolute Gasteiger partial charge is 0.247 e. The molecule has 2 unspecified atom stereocenters. The molecule has 2 atom stereocenters. The van der Waals surface area contributed by atoms with E-state index < -0.39 is 0 Å². The number of hydrogen-bond donors (Lipinski definition) is 1. The van der Waals surface area contributed by atoms with Gasteiger partial charge in [0.15, 0.2) is 0 Å². The van der Waals surface area contributed by atoms with E-state index in [-0.39, 0.29) is 0 Å². The van der Waals surface area contributed by atoms with Crippen molar-refractivity contribution in [1.82, 2.24) is 4.98 Å². The van der Waals surface area contributed by atoms with Crippen molar-refractivity contribution in [3.05, 3.63) is 18.2 Å². The Morgan fingerprint density at radius 1 is 0.556 bits per heavy atom. The van der Waals surface area contributed by atoms with Crippen LogP contribution in [-0.4, -0.2) is 4.98 Å². The van der Waals surface area contributed by atoms with Gasteiger partial charge in [-0.1, -0.05) is 156 Å². The molecule has 1 aromatic heterocycles. The predicted molar refractivity (Wildman–Crippen MR) is 161 cm³/mol. The maximum atomic E-state index is 3.63. The van der Waals surface area contributed by atoms with Gasteiger partial charge >= 0.3 is 0 Å². The van der Waals surface area contributed by atoms with Gasteiger partial charge in [-0.25, -0.2) is 9.55 Å². The number of H-pyrrole nitrogens is 1. The fraction of sp³-hybridized carbons (Fsp3) is 0.912. The lowest BCUT2D eigenvalue weighted by molar-refractivity contribution is -0.727. The van der Waals surface area contributed by atoms with E-state index in [1.54, 1.807) is 0 Å². The van der Waals surface area contributed by atoms with Crippen LogP contribution < -0.4 is 4.57 Å². The third-order valence-corrected chi connectivity index (χ3v) is 8.48. The van der Waals surface area contributed by atoms with Crippen molar-refractivity contribution in [3.63, 3.8) is 0 Å². The van der Waals surface area contributed by atoms with Gasteiger partial charge in [-0.05, 0) is 32.6 Å². The summed E-state index contributed by atoms with van der Waals surface area (Å²) in [5.74, 6) is 2.18. The van der Waals surface area contributed by atoms with Crippen molar-refractivity contribution in [2.45, 2.75) is 200 Å². The molecule has 0 saturated carbocycles. The number of imidazole rings is 1. The monoisotopic (exact) mass is 504 g/mol. The lowest BCUT2D eigenvalue weighted by atomic mass is 9.96. The fourth-order valence-electron chi connectivity index (χ4n) is 5.90. The summed E-state index contributed by atoms with van der Waals surface area (Å²) in [5, 5.41) is 0. The van der Waals surface area contributed by atoms with E-state index in [1.807, 2.05) is 0 Å². The summed E-state index contributed by atoms with van der Waals surface area (Å²) in [4.78, 5) is 3.63. The fourth-order valence-corrected chi connectivity index (χ4v) is 5.90. The number of unbranched alkanes of at least 4 members (excludes halogenated alkanes) is 20. The standard InChI is InChI=1S/C34H66N2/c1-5-8-10-12-14-16-18-19-21-23-25-27-29-33(7-3)34-35-30-31-36(34)32(4)28-26-24-22-20-17-15-13-11-9-6-2/h30-33H,5-29H2,1-4H3/p+1. The average molecular weight is 504 g/mol. The molecule has 0 amide bonds. The van der Waals surface area contributed by atoms with Crippen LogP contribution in [0.15, 0.2) is 12.4 Å². The van der Waals surface area contributed by atoms with Gasteiger partial charge in [-0.15, -0.1) is 0 Å². The minimum Gasteiger partial charge on any atom is -0.247 e. The van der Waals surface area contributed by atoms with Crippen molar-refractivity contribution in [3.8, 4) is 0 Å². The Balaban J connectivity index is 2.13. The molecule has 0 radical (unpaired) electrons. The Hall–Kier alpha value is -0.790. The van der Waals surface area contributed by atoms with E-state index in [0.717, 1.165) is 0 Å². The van der Waals surface area contributed by atoms with Gasteiger partial charge in [-0.3, -0.25) is 0 Å². The van der Waals surface area contributed by atoms with Crippen LogP contribution in [0.4, 0.5) is 0 Å². The summed E-state index contributed by atoms with van der Waals surface area (Å²) in [7, 11) is 0. The molecule has 2 nitrogen and oxygen atoms in total. The van der Waals surface area contributed by atoms with Crippen LogP contribution in [0.1, 0.15) is 206 Å². The molecule has 0 bridgehead atoms. The van der Waals surface area contributed by atoms with Gasteiger partial charge < -0.3 is 0 Å². The van der Waals surface area contributed by atoms with Crippen molar-refractivity contribution in [2.75, 3.05) is 0 Å². The second-order valence-corrected chi connectivity index (χ2v) is 11.9. The van der Waals surface area contributed by atoms with Crippen molar-refractivity contribution < 1.29 is 4.57 Å². The molecule has 0 saturated heterocycles. The predicted octanol–water partition coefficient (Wildman–Crippen LogP) is 11.8. The number of nitrogens with zero attached hydrogens (tertiary/aromatic N) is 1. The topological polar surface area (TPSA) is 19.7 Å². The molecule has 2 heteroatoms. The Kier molecular flexibility index (Phi) is 22.7. The van der Waals surface area contributed by atoms with Crippen molar-refractivity contribution in [1.29, 1.82) is 0 Å². The van der Waals surface area contributed by atoms with Gasteiger partial charge in [0.05, 0.1) is 12.0 Å². The van der Waals surface area contributed by atoms with Crippen molar-refractivity contribution in [2.24, 2.45) is 0 Å². The van der Waals surface area contributed by atoms with Crippen LogP contribution in [0.25, 0.3) is 0 Å². The molecule has 0 aromatic carbocycles. The molecular weight excluding hydrogens is 436 g/mol. The van der Waals surface area contributed by atoms with Gasteiger partial charge in [0.25, 0.3) is 5.82 Å². The number of nitrogens with one attached hydrogen (secondary N) is 1. The molecule has 0 aliphatic carbocycles. The lowest BCUT2D eigenvalue weighted by Crippen LogP contribution is -2.41. The first-order valence-electron chi connectivity index (χ1n) is 16.8. The summed E-state index contributed by atoms with van der Waals surface area (Å²) in [6.07, 6.45) is 39.9. The highest BCUT2D eigenvalue weighted by atomic mass is 15.1. The number of aromatic amines is 1. The lowest BCUT2D eigenvalue weighted by Gasteiger charge is -2.16. The minimum atomic E-state index is 0.622. The highest BCUT2D eigenvalue weighted by molar-refractivity contribution is 4.89. The molecule has 1 rings (SSSR count). The summed E-state index contributed by atoms with van der Waals surface area (Å²) in [6.45, 7) is 9.42. The Morgan fingerprint density at radius 2 is 0.944 bits per heavy atom. The molecule has 36 heavy (non-hydrogen) atoms. The highest BCUT2D eigenvalue weighted by Crippen LogP contribution is 2.24. The minimum absolute atomic E-state index is 0.622. The normalized spacial score (nSPS) is 13.3. The van der Waals surface area contributed by atoms with Crippen LogP contribution in [0.5, 0.6) is 0 Å². The van der Waals surface area contributed by atoms with Gasteiger partial charge in [0.2, 0.25) is 0 Å². The Bertz CT molecular complexity index is 563. The second-order valence-electron chi connectivity index (χ2n) is 11.9. The van der Waals surface area contributed by atoms with Crippen LogP contribution in [0.2, 0.25) is 0 Å². The van der Waals surface area contributed by atoms with E-state index in [0.29, 0.717) is 12.0 Å². The van der Waals surface area contributed by atoms with Gasteiger partial charge in [0, 0.05) is 0 Å². The molecular formula is C34H67N2+. The summed E-state index contributed by atoms with van der Waals surface area (Å²) < 4.78 is 2.57. The van der Waals surface area contributed by atoms with Crippen LogP contribution in [0, 0.1) is 0 Å². The zero-order chi connectivity index (χ0) is 26.1. The zero-order valence-electron chi connectivity index (χ0n) is 25.4. The van der Waals surface area contributed by atoms with E-state index in [4.69, 9.17) is 0 Å². The molecule has 0 fully saturated rings. The molecule has 0 aliphatic heterocycles. The highest BCUT2D eigenvalue weighted by Gasteiger charge is 2.24. The largest absolute Gasteiger partial charge is 0.257 e. The van der Waals surface area contributed by atoms with Crippen molar-refractivity contribution >= 4 is 0 Å². The van der Waals surface area contributed by atoms with Gasteiger partial charge in [0.1, 0.15) is 12.4 Å². The number of hydrogen-bond acceptors (Lipinski definition) is 0. The second kappa shape index (κ2) is 24.5. The van der Waals surface area contributed by atoms with Crippen LogP contribution in [0.3, 0.4) is 0 Å². The first-order valence-corrected chi connectivity index (χ1v) is 16.8. The SMILES string of the molecule is CCCCCCCCCCCCCCC(CC)c1[nH]cc[n+]1C(C)CCCCCCCCCCCC. The third kappa shape index (κ3) is 16.9. The third-order valence-electron chi connectivity index (χ3n) is 8.48. The van der Waals surface area contributed by atoms with E-state index in [9.17, 15) is 0 Å². The van der Waals surface area contributed by atoms with E-state index in [2.05, 4.69) is 49.6 Å². The van der Waals surface area contributed by atoms with Crippen LogP contribution >= 0.6 is 0 Å². The molecule has 1 aromatic rings. The maximum Gasteiger partial charge on any atom is 0.257 e. The van der Waals surface area contributed by atoms with E-state index in [1.165, 1.54) is 166 Å². The summed E-state index contributed by atoms with van der Waals surface area (Å²) in [5.41, 5.74) is 0. The molecule has 1 N–H and O–H groups in total. The summed E-state index contributed by atoms with van der Waals surface area (Å²) in [6, 6.07) is 0.622. The molecule has 1 heterocycles. The number of rotatable bonds is 27. The van der Waals surface area contributed by atoms with Crippen LogP contribution in [-0.2, 0) is 0 Å².